The van der Waals surface area contributed by atoms with Gasteiger partial charge in [-0.3, -0.25) is 4.79 Å². The van der Waals surface area contributed by atoms with Crippen LogP contribution < -0.4 is 5.56 Å². The first-order valence-electron chi connectivity index (χ1n) is 6.17. The molecule has 0 atom stereocenters. The number of aromatic nitrogens is 1. The standard InChI is InChI=1S/C15H14FNO3/c1-10-8-12(9-14(18)17-10)15(19)20-7-6-11-2-4-13(16)5-3-11/h2-5,8-9H,6-7H2,1H3,(H,17,18). The number of halogens is 1. The Balaban J connectivity index is 1.92. The number of H-pyrrole nitrogens is 1. The predicted octanol–water partition coefficient (Wildman–Crippen LogP) is 2.22. The number of carbonyl (C=O) groups excluding carboxylic acids is 1. The van der Waals surface area contributed by atoms with Crippen LogP contribution in [0.1, 0.15) is 21.6 Å². The molecule has 0 amide bonds. The maximum Gasteiger partial charge on any atom is 0.338 e. The molecule has 1 heterocycles. The van der Waals surface area contributed by atoms with Crippen molar-refractivity contribution in [2.45, 2.75) is 13.3 Å². The van der Waals surface area contributed by atoms with E-state index in [1.165, 1.54) is 18.2 Å². The third-order valence-electron chi connectivity index (χ3n) is 2.75. The number of benzene rings is 1. The zero-order chi connectivity index (χ0) is 14.5. The lowest BCUT2D eigenvalue weighted by Crippen LogP contribution is -2.14. The normalized spacial score (nSPS) is 10.3. The van der Waals surface area contributed by atoms with E-state index in [1.807, 2.05) is 0 Å². The fraction of sp³-hybridized carbons (Fsp3) is 0.200. The molecule has 0 aliphatic heterocycles. The maximum absolute atomic E-state index is 12.7. The number of esters is 1. The molecule has 0 bridgehead atoms. The van der Waals surface area contributed by atoms with Crippen molar-refractivity contribution in [3.8, 4) is 0 Å². The molecular formula is C15H14FNO3. The molecule has 1 N–H and O–H groups in total. The number of hydrogen-bond donors (Lipinski definition) is 1. The van der Waals surface area contributed by atoms with Crippen molar-refractivity contribution in [1.82, 2.24) is 4.98 Å². The number of nitrogens with one attached hydrogen (secondary N) is 1. The van der Waals surface area contributed by atoms with Gasteiger partial charge in [-0.15, -0.1) is 0 Å². The Morgan fingerprint density at radius 2 is 1.95 bits per heavy atom. The van der Waals surface area contributed by atoms with Crippen molar-refractivity contribution in [3.05, 3.63) is 69.4 Å². The first-order chi connectivity index (χ1) is 9.54. The fourth-order valence-electron chi connectivity index (χ4n) is 1.80. The van der Waals surface area contributed by atoms with Crippen LogP contribution in [0.3, 0.4) is 0 Å². The van der Waals surface area contributed by atoms with Crippen LogP contribution in [0.15, 0.2) is 41.2 Å². The quantitative estimate of drug-likeness (QED) is 0.870. The third kappa shape index (κ3) is 3.78. The monoisotopic (exact) mass is 275 g/mol. The van der Waals surface area contributed by atoms with Crippen LogP contribution >= 0.6 is 0 Å². The van der Waals surface area contributed by atoms with E-state index in [9.17, 15) is 14.0 Å². The summed E-state index contributed by atoms with van der Waals surface area (Å²) in [7, 11) is 0. The number of pyridine rings is 1. The van der Waals surface area contributed by atoms with Gasteiger partial charge in [0.25, 0.3) is 0 Å². The Hall–Kier alpha value is -2.43. The van der Waals surface area contributed by atoms with Crippen molar-refractivity contribution in [1.29, 1.82) is 0 Å². The highest BCUT2D eigenvalue weighted by Gasteiger charge is 2.08. The topological polar surface area (TPSA) is 59.2 Å². The van der Waals surface area contributed by atoms with Crippen LogP contribution in [0.5, 0.6) is 0 Å². The van der Waals surface area contributed by atoms with Crippen LogP contribution in [0.4, 0.5) is 4.39 Å². The summed E-state index contributed by atoms with van der Waals surface area (Å²) in [6.07, 6.45) is 0.494. The summed E-state index contributed by atoms with van der Waals surface area (Å²) in [4.78, 5) is 25.6. The van der Waals surface area contributed by atoms with Gasteiger partial charge >= 0.3 is 5.97 Å². The lowest BCUT2D eigenvalue weighted by molar-refractivity contribution is 0.0509. The minimum Gasteiger partial charge on any atom is -0.462 e. The number of hydrogen-bond acceptors (Lipinski definition) is 3. The van der Waals surface area contributed by atoms with E-state index in [1.54, 1.807) is 25.1 Å². The van der Waals surface area contributed by atoms with Gasteiger partial charge in [-0.25, -0.2) is 9.18 Å². The first kappa shape index (κ1) is 14.0. The number of aryl methyl sites for hydroxylation is 1. The summed E-state index contributed by atoms with van der Waals surface area (Å²) in [6.45, 7) is 1.87. The number of rotatable bonds is 4. The summed E-state index contributed by atoms with van der Waals surface area (Å²) in [5.74, 6) is -0.842. The average molecular weight is 275 g/mol. The molecule has 2 aromatic rings. The molecule has 0 radical (unpaired) electrons. The molecule has 20 heavy (non-hydrogen) atoms. The number of aromatic amines is 1. The molecule has 1 aromatic carbocycles. The summed E-state index contributed by atoms with van der Waals surface area (Å²) in [5.41, 5.74) is 1.37. The van der Waals surface area contributed by atoms with Crippen LogP contribution in [-0.2, 0) is 11.2 Å². The Morgan fingerprint density at radius 3 is 2.60 bits per heavy atom. The maximum atomic E-state index is 12.7. The molecule has 0 aliphatic rings. The molecule has 2 rings (SSSR count). The average Bonchev–Trinajstić information content (AvgIpc) is 2.40. The van der Waals surface area contributed by atoms with Crippen LogP contribution in [0, 0.1) is 12.7 Å². The Kier molecular flexibility index (Phi) is 4.30. The van der Waals surface area contributed by atoms with Crippen LogP contribution in [0.25, 0.3) is 0 Å². The van der Waals surface area contributed by atoms with Crippen molar-refractivity contribution < 1.29 is 13.9 Å². The fourth-order valence-corrected chi connectivity index (χ4v) is 1.80. The SMILES string of the molecule is Cc1cc(C(=O)OCCc2ccc(F)cc2)cc(=O)[nH]1. The molecule has 5 heteroatoms. The largest absolute Gasteiger partial charge is 0.462 e. The van der Waals surface area contributed by atoms with Crippen molar-refractivity contribution in [2.75, 3.05) is 6.61 Å². The van der Waals surface area contributed by atoms with Gasteiger partial charge in [-0.2, -0.15) is 0 Å². The molecular weight excluding hydrogens is 261 g/mol. The van der Waals surface area contributed by atoms with E-state index in [-0.39, 0.29) is 23.5 Å². The molecule has 104 valence electrons. The van der Waals surface area contributed by atoms with Gasteiger partial charge in [-0.05, 0) is 30.7 Å². The molecule has 0 fully saturated rings. The van der Waals surface area contributed by atoms with Crippen molar-refractivity contribution >= 4 is 5.97 Å². The Bertz CT molecular complexity index is 662. The third-order valence-corrected chi connectivity index (χ3v) is 2.75. The van der Waals surface area contributed by atoms with Gasteiger partial charge in [0.2, 0.25) is 5.56 Å². The van der Waals surface area contributed by atoms with Gasteiger partial charge in [0, 0.05) is 18.2 Å². The van der Waals surface area contributed by atoms with Crippen molar-refractivity contribution in [2.24, 2.45) is 0 Å². The smallest absolute Gasteiger partial charge is 0.338 e. The predicted molar refractivity (Wildman–Crippen MR) is 72.2 cm³/mol. The minimum absolute atomic E-state index is 0.177. The first-order valence-corrected chi connectivity index (χ1v) is 6.17. The zero-order valence-corrected chi connectivity index (χ0v) is 11.0. The molecule has 1 aromatic heterocycles. The lowest BCUT2D eigenvalue weighted by Gasteiger charge is -2.05. The molecule has 0 unspecified atom stereocenters. The second-order valence-electron chi connectivity index (χ2n) is 4.43. The van der Waals surface area contributed by atoms with E-state index >= 15 is 0 Å². The highest BCUT2D eigenvalue weighted by molar-refractivity contribution is 5.89. The van der Waals surface area contributed by atoms with E-state index in [2.05, 4.69) is 4.98 Å². The Labute approximate surface area is 115 Å². The summed E-state index contributed by atoms with van der Waals surface area (Å²) in [6, 6.07) is 8.75. The lowest BCUT2D eigenvalue weighted by atomic mass is 10.1. The molecule has 0 saturated heterocycles. The minimum atomic E-state index is -0.540. The van der Waals surface area contributed by atoms with Gasteiger partial charge in [-0.1, -0.05) is 12.1 Å². The summed E-state index contributed by atoms with van der Waals surface area (Å²) >= 11 is 0. The van der Waals surface area contributed by atoms with Crippen LogP contribution in [0.2, 0.25) is 0 Å². The van der Waals surface area contributed by atoms with E-state index in [0.29, 0.717) is 12.1 Å². The Morgan fingerprint density at radius 1 is 1.25 bits per heavy atom. The van der Waals surface area contributed by atoms with E-state index in [4.69, 9.17) is 4.74 Å². The molecule has 4 nitrogen and oxygen atoms in total. The summed E-state index contributed by atoms with van der Waals surface area (Å²) < 4.78 is 17.8. The molecule has 0 saturated carbocycles. The summed E-state index contributed by atoms with van der Waals surface area (Å²) in [5, 5.41) is 0. The van der Waals surface area contributed by atoms with Gasteiger partial charge in [0.1, 0.15) is 5.82 Å². The second kappa shape index (κ2) is 6.14. The zero-order valence-electron chi connectivity index (χ0n) is 11.0. The van der Waals surface area contributed by atoms with E-state index < -0.39 is 5.97 Å². The van der Waals surface area contributed by atoms with Gasteiger partial charge < -0.3 is 9.72 Å². The number of ether oxygens (including phenoxy) is 1. The second-order valence-corrected chi connectivity index (χ2v) is 4.43. The van der Waals surface area contributed by atoms with Gasteiger partial charge in [0.15, 0.2) is 0 Å². The molecule has 0 spiro atoms. The van der Waals surface area contributed by atoms with Gasteiger partial charge in [0.05, 0.1) is 12.2 Å². The van der Waals surface area contributed by atoms with E-state index in [0.717, 1.165) is 5.56 Å². The highest BCUT2D eigenvalue weighted by Crippen LogP contribution is 2.05. The van der Waals surface area contributed by atoms with Crippen molar-refractivity contribution in [3.63, 3.8) is 0 Å². The highest BCUT2D eigenvalue weighted by atomic mass is 19.1. The molecule has 0 aliphatic carbocycles. The number of carbonyl (C=O) groups is 1. The van der Waals surface area contributed by atoms with Crippen LogP contribution in [-0.4, -0.2) is 17.6 Å².